The van der Waals surface area contributed by atoms with Crippen molar-refractivity contribution in [3.05, 3.63) is 73.9 Å². The average molecular weight is 475 g/mol. The molecular formula is C22H14Cl3N3OS. The van der Waals surface area contributed by atoms with E-state index in [0.29, 0.717) is 27.1 Å². The first-order valence-corrected chi connectivity index (χ1v) is 11.2. The molecule has 8 heteroatoms. The molecule has 0 aliphatic carbocycles. The van der Waals surface area contributed by atoms with Gasteiger partial charge in [-0.15, -0.1) is 22.9 Å². The van der Waals surface area contributed by atoms with Gasteiger partial charge in [-0.05, 0) is 36.4 Å². The predicted molar refractivity (Wildman–Crippen MR) is 127 cm³/mol. The van der Waals surface area contributed by atoms with Gasteiger partial charge in [-0.1, -0.05) is 29.3 Å². The number of nitrogens with one attached hydrogen (secondary N) is 1. The molecule has 0 bridgehead atoms. The Morgan fingerprint density at radius 1 is 1.07 bits per heavy atom. The first kappa shape index (κ1) is 19.6. The van der Waals surface area contributed by atoms with Gasteiger partial charge in [-0.25, -0.2) is 4.98 Å². The molecule has 1 N–H and O–H groups in total. The maximum atomic E-state index is 13.1. The molecule has 0 atom stereocenters. The SMILES string of the molecule is Cn1c(=O)c(-c2ccc(Cl)cc2Cl)cc2c3cc(-c4nc(CCl)cs4)ccc3[nH]c21. The molecular weight excluding hydrogens is 461 g/mol. The zero-order valence-corrected chi connectivity index (χ0v) is 18.8. The van der Waals surface area contributed by atoms with Crippen molar-refractivity contribution in [1.29, 1.82) is 0 Å². The molecule has 2 aromatic carbocycles. The summed E-state index contributed by atoms with van der Waals surface area (Å²) in [5.74, 6) is 0.388. The van der Waals surface area contributed by atoms with Crippen molar-refractivity contribution in [2.45, 2.75) is 5.88 Å². The number of fused-ring (bicyclic) bond motifs is 3. The highest BCUT2D eigenvalue weighted by Crippen LogP contribution is 2.34. The third-order valence-corrected chi connectivity index (χ3v) is 6.90. The third-order valence-electron chi connectivity index (χ3n) is 5.13. The Kier molecular flexibility index (Phi) is 4.86. The Morgan fingerprint density at radius 3 is 2.63 bits per heavy atom. The normalized spacial score (nSPS) is 11.6. The van der Waals surface area contributed by atoms with Gasteiger partial charge in [0, 0.05) is 50.4 Å². The summed E-state index contributed by atoms with van der Waals surface area (Å²) in [6, 6.07) is 13.2. The summed E-state index contributed by atoms with van der Waals surface area (Å²) in [4.78, 5) is 21.0. The van der Waals surface area contributed by atoms with Crippen molar-refractivity contribution < 1.29 is 0 Å². The number of aryl methyl sites for hydroxylation is 1. The van der Waals surface area contributed by atoms with Crippen LogP contribution in [0.25, 0.3) is 43.6 Å². The van der Waals surface area contributed by atoms with Crippen molar-refractivity contribution in [1.82, 2.24) is 14.5 Å². The number of benzene rings is 2. The van der Waals surface area contributed by atoms with E-state index >= 15 is 0 Å². The molecule has 150 valence electrons. The smallest absolute Gasteiger partial charge is 0.259 e. The Balaban J connectivity index is 1.78. The zero-order valence-electron chi connectivity index (χ0n) is 15.7. The molecule has 0 aliphatic rings. The molecule has 0 unspecified atom stereocenters. The number of H-pyrrole nitrogens is 1. The number of pyridine rings is 1. The minimum Gasteiger partial charge on any atom is -0.341 e. The Bertz CT molecular complexity index is 1500. The number of thiazole rings is 1. The van der Waals surface area contributed by atoms with Gasteiger partial charge in [0.1, 0.15) is 10.7 Å². The lowest BCUT2D eigenvalue weighted by molar-refractivity contribution is 0.896. The van der Waals surface area contributed by atoms with Crippen LogP contribution in [0.15, 0.2) is 52.6 Å². The van der Waals surface area contributed by atoms with Crippen LogP contribution in [0.5, 0.6) is 0 Å². The number of hydrogen-bond acceptors (Lipinski definition) is 3. The number of hydrogen-bond donors (Lipinski definition) is 1. The van der Waals surface area contributed by atoms with Crippen LogP contribution in [0.2, 0.25) is 10.0 Å². The largest absolute Gasteiger partial charge is 0.341 e. The van der Waals surface area contributed by atoms with E-state index in [1.807, 2.05) is 23.6 Å². The molecule has 0 amide bonds. The van der Waals surface area contributed by atoms with E-state index in [-0.39, 0.29) is 5.56 Å². The minimum absolute atomic E-state index is 0.134. The van der Waals surface area contributed by atoms with Crippen LogP contribution < -0.4 is 5.56 Å². The van der Waals surface area contributed by atoms with E-state index in [1.54, 1.807) is 41.2 Å². The number of nitrogens with zero attached hydrogens (tertiary/aromatic N) is 2. The number of alkyl halides is 1. The number of halogens is 3. The molecule has 0 spiro atoms. The Morgan fingerprint density at radius 2 is 1.90 bits per heavy atom. The molecule has 0 fully saturated rings. The summed E-state index contributed by atoms with van der Waals surface area (Å²) in [7, 11) is 1.75. The van der Waals surface area contributed by atoms with Crippen LogP contribution in [0.4, 0.5) is 0 Å². The average Bonchev–Trinajstić information content (AvgIpc) is 3.35. The van der Waals surface area contributed by atoms with E-state index in [4.69, 9.17) is 34.8 Å². The highest BCUT2D eigenvalue weighted by molar-refractivity contribution is 7.13. The molecule has 0 aliphatic heterocycles. The summed E-state index contributed by atoms with van der Waals surface area (Å²) in [6.07, 6.45) is 0. The second-order valence-corrected chi connectivity index (χ2v) is 8.94. The van der Waals surface area contributed by atoms with E-state index in [1.165, 1.54) is 0 Å². The number of aromatic nitrogens is 3. The fourth-order valence-electron chi connectivity index (χ4n) is 3.63. The van der Waals surface area contributed by atoms with Crippen molar-refractivity contribution in [2.75, 3.05) is 0 Å². The standard InChI is InChI=1S/C22H14Cl3N3OS/c1-28-20-16(8-17(22(28)29)14-4-3-12(24)7-18(14)25)15-6-11(2-5-19(15)27-20)21-26-13(9-23)10-30-21/h2-8,10,27H,9H2,1H3. The summed E-state index contributed by atoms with van der Waals surface area (Å²) in [6.45, 7) is 0. The maximum Gasteiger partial charge on any atom is 0.259 e. The highest BCUT2D eigenvalue weighted by Gasteiger charge is 2.16. The van der Waals surface area contributed by atoms with Crippen molar-refractivity contribution in [3.63, 3.8) is 0 Å². The molecule has 30 heavy (non-hydrogen) atoms. The van der Waals surface area contributed by atoms with Crippen molar-refractivity contribution in [2.24, 2.45) is 7.05 Å². The van der Waals surface area contributed by atoms with Gasteiger partial charge in [0.25, 0.3) is 5.56 Å². The van der Waals surface area contributed by atoms with Crippen molar-refractivity contribution in [3.8, 4) is 21.7 Å². The lowest BCUT2D eigenvalue weighted by Crippen LogP contribution is -2.19. The maximum absolute atomic E-state index is 13.1. The predicted octanol–water partition coefficient (Wildman–Crippen LogP) is 6.86. The van der Waals surface area contributed by atoms with Crippen LogP contribution in [0, 0.1) is 0 Å². The van der Waals surface area contributed by atoms with E-state index in [0.717, 1.165) is 38.2 Å². The highest BCUT2D eigenvalue weighted by atomic mass is 35.5. The second-order valence-electron chi connectivity index (χ2n) is 6.97. The molecule has 0 saturated heterocycles. The first-order chi connectivity index (χ1) is 14.5. The fraction of sp³-hybridized carbons (Fsp3) is 0.0909. The fourth-order valence-corrected chi connectivity index (χ4v) is 5.19. The molecule has 3 aromatic heterocycles. The number of rotatable bonds is 3. The quantitative estimate of drug-likeness (QED) is 0.290. The lowest BCUT2D eigenvalue weighted by Gasteiger charge is -2.08. The minimum atomic E-state index is -0.134. The van der Waals surface area contributed by atoms with Crippen LogP contribution >= 0.6 is 46.1 Å². The number of aromatic amines is 1. The topological polar surface area (TPSA) is 50.7 Å². The van der Waals surface area contributed by atoms with Gasteiger partial charge < -0.3 is 4.98 Å². The summed E-state index contributed by atoms with van der Waals surface area (Å²) in [5, 5.41) is 5.78. The lowest BCUT2D eigenvalue weighted by atomic mass is 10.0. The summed E-state index contributed by atoms with van der Waals surface area (Å²) < 4.78 is 1.62. The van der Waals surface area contributed by atoms with Crippen LogP contribution in [-0.2, 0) is 12.9 Å². The van der Waals surface area contributed by atoms with Crippen molar-refractivity contribution >= 4 is 68.1 Å². The molecule has 3 heterocycles. The van der Waals surface area contributed by atoms with Gasteiger partial charge in [-0.2, -0.15) is 0 Å². The Hall–Kier alpha value is -2.31. The summed E-state index contributed by atoms with van der Waals surface area (Å²) in [5.41, 5.74) is 4.60. The molecule has 5 aromatic rings. The molecule has 4 nitrogen and oxygen atoms in total. The second kappa shape index (κ2) is 7.43. The van der Waals surface area contributed by atoms with Crippen LogP contribution in [0.1, 0.15) is 5.69 Å². The van der Waals surface area contributed by atoms with E-state index in [2.05, 4.69) is 16.0 Å². The van der Waals surface area contributed by atoms with Gasteiger partial charge in [0.15, 0.2) is 0 Å². The van der Waals surface area contributed by atoms with Crippen LogP contribution in [0.3, 0.4) is 0 Å². The molecule has 0 saturated carbocycles. The Labute approximate surface area is 190 Å². The van der Waals surface area contributed by atoms with E-state index in [9.17, 15) is 4.79 Å². The first-order valence-electron chi connectivity index (χ1n) is 9.08. The van der Waals surface area contributed by atoms with E-state index < -0.39 is 0 Å². The van der Waals surface area contributed by atoms with Gasteiger partial charge in [0.05, 0.1) is 16.6 Å². The third kappa shape index (κ3) is 3.13. The van der Waals surface area contributed by atoms with Gasteiger partial charge in [0.2, 0.25) is 0 Å². The summed E-state index contributed by atoms with van der Waals surface area (Å²) >= 11 is 19.9. The van der Waals surface area contributed by atoms with Crippen LogP contribution in [-0.4, -0.2) is 14.5 Å². The van der Waals surface area contributed by atoms with Gasteiger partial charge >= 0.3 is 0 Å². The van der Waals surface area contributed by atoms with Gasteiger partial charge in [-0.3, -0.25) is 9.36 Å². The molecule has 0 radical (unpaired) electrons. The molecule has 5 rings (SSSR count). The zero-order chi connectivity index (χ0) is 21.0. The monoisotopic (exact) mass is 473 g/mol.